The monoisotopic (exact) mass is 486 g/mol. The van der Waals surface area contributed by atoms with Gasteiger partial charge in [-0.05, 0) is 31.4 Å². The summed E-state index contributed by atoms with van der Waals surface area (Å²) in [5, 5.41) is 10.7. The lowest BCUT2D eigenvalue weighted by Gasteiger charge is -2.14. The van der Waals surface area contributed by atoms with Gasteiger partial charge >= 0.3 is 0 Å². The molecule has 27 heavy (non-hydrogen) atoms. The quantitative estimate of drug-likeness (QED) is 0.257. The molecule has 0 unspecified atom stereocenters. The minimum absolute atomic E-state index is 0. The van der Waals surface area contributed by atoms with Gasteiger partial charge in [-0.15, -0.1) is 24.0 Å². The van der Waals surface area contributed by atoms with Crippen molar-refractivity contribution in [2.45, 2.75) is 47.1 Å². The predicted octanol–water partition coefficient (Wildman–Crippen LogP) is 3.78. The van der Waals surface area contributed by atoms with Gasteiger partial charge in [0.25, 0.3) is 0 Å². The number of nitrogens with zero attached hydrogens (tertiary/aromatic N) is 2. The van der Waals surface area contributed by atoms with Crippen LogP contribution in [0.3, 0.4) is 0 Å². The van der Waals surface area contributed by atoms with Crippen molar-refractivity contribution >= 4 is 29.9 Å². The summed E-state index contributed by atoms with van der Waals surface area (Å²) in [5.41, 5.74) is 4.44. The fraction of sp³-hybridized carbons (Fsp3) is 0.500. The molecule has 0 amide bonds. The van der Waals surface area contributed by atoms with Crippen molar-refractivity contribution in [3.8, 4) is 5.75 Å². The maximum atomic E-state index is 5.92. The first-order valence-corrected chi connectivity index (χ1v) is 9.20. The van der Waals surface area contributed by atoms with Crippen LogP contribution >= 0.6 is 24.0 Å². The Morgan fingerprint density at radius 3 is 2.44 bits per heavy atom. The summed E-state index contributed by atoms with van der Waals surface area (Å²) < 4.78 is 11.3. The average molecular weight is 486 g/mol. The van der Waals surface area contributed by atoms with Crippen LogP contribution in [0.15, 0.2) is 27.7 Å². The third-order valence-electron chi connectivity index (χ3n) is 4.31. The maximum absolute atomic E-state index is 5.92. The molecule has 2 aromatic rings. The molecular formula is C20H31IN4O2. The number of para-hydroxylation sites is 1. The zero-order valence-electron chi connectivity index (χ0n) is 16.9. The van der Waals surface area contributed by atoms with Gasteiger partial charge in [-0.1, -0.05) is 37.2 Å². The molecule has 1 aromatic carbocycles. The summed E-state index contributed by atoms with van der Waals surface area (Å²) in [6.07, 6.45) is 1.69. The van der Waals surface area contributed by atoms with E-state index >= 15 is 0 Å². The van der Waals surface area contributed by atoms with E-state index in [2.05, 4.69) is 60.6 Å². The third-order valence-corrected chi connectivity index (χ3v) is 4.31. The Kier molecular flexibility index (Phi) is 10.2. The van der Waals surface area contributed by atoms with Gasteiger partial charge < -0.3 is 19.9 Å². The van der Waals surface area contributed by atoms with Crippen molar-refractivity contribution in [3.63, 3.8) is 0 Å². The minimum Gasteiger partial charge on any atom is -0.491 e. The number of hydrogen-bond donors (Lipinski definition) is 2. The van der Waals surface area contributed by atoms with Crippen LogP contribution in [0.5, 0.6) is 5.75 Å². The number of halogens is 1. The van der Waals surface area contributed by atoms with E-state index in [4.69, 9.17) is 9.26 Å². The van der Waals surface area contributed by atoms with Crippen LogP contribution in [0.25, 0.3) is 0 Å². The molecule has 0 bridgehead atoms. The second-order valence-corrected chi connectivity index (χ2v) is 6.16. The summed E-state index contributed by atoms with van der Waals surface area (Å²) in [4.78, 5) is 4.27. The first kappa shape index (κ1) is 23.3. The predicted molar refractivity (Wildman–Crippen MR) is 120 cm³/mol. The fourth-order valence-corrected chi connectivity index (χ4v) is 2.88. The van der Waals surface area contributed by atoms with Gasteiger partial charge in [0.1, 0.15) is 18.1 Å². The molecule has 2 rings (SSSR count). The van der Waals surface area contributed by atoms with E-state index in [1.165, 1.54) is 0 Å². The van der Waals surface area contributed by atoms with E-state index in [1.807, 2.05) is 6.07 Å². The van der Waals surface area contributed by atoms with Crippen LogP contribution in [0.1, 0.15) is 42.0 Å². The van der Waals surface area contributed by atoms with Gasteiger partial charge in [-0.25, -0.2) is 0 Å². The topological polar surface area (TPSA) is 71.7 Å². The molecule has 6 nitrogen and oxygen atoms in total. The standard InChI is InChI=1S/C20H30N4O2.HI/c1-6-17-16(18(7-2)26-24-17)13-23-20(21-5)22-11-12-25-19-14(3)9-8-10-15(19)4;/h8-10H,6-7,11-13H2,1-5H3,(H2,21,22,23);1H. The smallest absolute Gasteiger partial charge is 0.191 e. The number of ether oxygens (including phenoxy) is 1. The lowest BCUT2D eigenvalue weighted by atomic mass is 10.1. The number of hydrogen-bond acceptors (Lipinski definition) is 4. The van der Waals surface area contributed by atoms with Crippen molar-refractivity contribution < 1.29 is 9.26 Å². The Hall–Kier alpha value is -1.77. The molecule has 7 heteroatoms. The highest BCUT2D eigenvalue weighted by atomic mass is 127. The van der Waals surface area contributed by atoms with Crippen LogP contribution in [-0.2, 0) is 19.4 Å². The van der Waals surface area contributed by atoms with Gasteiger partial charge in [0.2, 0.25) is 0 Å². The molecule has 1 heterocycles. The number of aryl methyl sites for hydroxylation is 4. The lowest BCUT2D eigenvalue weighted by Crippen LogP contribution is -2.39. The van der Waals surface area contributed by atoms with E-state index < -0.39 is 0 Å². The van der Waals surface area contributed by atoms with Crippen LogP contribution in [0.4, 0.5) is 0 Å². The molecule has 0 radical (unpaired) electrons. The Balaban J connectivity index is 0.00000364. The zero-order chi connectivity index (χ0) is 18.9. The maximum Gasteiger partial charge on any atom is 0.191 e. The molecule has 0 atom stereocenters. The van der Waals surface area contributed by atoms with Crippen LogP contribution in [-0.4, -0.2) is 31.3 Å². The Morgan fingerprint density at radius 2 is 1.85 bits per heavy atom. The number of nitrogens with one attached hydrogen (secondary N) is 2. The first-order valence-electron chi connectivity index (χ1n) is 9.20. The van der Waals surface area contributed by atoms with E-state index in [9.17, 15) is 0 Å². The molecule has 0 saturated carbocycles. The van der Waals surface area contributed by atoms with Crippen molar-refractivity contribution in [2.24, 2.45) is 4.99 Å². The number of guanidine groups is 1. The van der Waals surface area contributed by atoms with Crippen LogP contribution in [0, 0.1) is 13.8 Å². The molecule has 0 aliphatic heterocycles. The van der Waals surface area contributed by atoms with Gasteiger partial charge in [0, 0.05) is 25.6 Å². The highest BCUT2D eigenvalue weighted by molar-refractivity contribution is 14.0. The van der Waals surface area contributed by atoms with Crippen molar-refractivity contribution in [1.82, 2.24) is 15.8 Å². The summed E-state index contributed by atoms with van der Waals surface area (Å²) in [5.74, 6) is 2.63. The normalized spacial score (nSPS) is 11.1. The Labute approximate surface area is 179 Å². The second-order valence-electron chi connectivity index (χ2n) is 6.16. The largest absolute Gasteiger partial charge is 0.491 e. The van der Waals surface area contributed by atoms with Gasteiger partial charge in [0.05, 0.1) is 12.2 Å². The third kappa shape index (κ3) is 6.41. The average Bonchev–Trinajstić information content (AvgIpc) is 3.05. The van der Waals surface area contributed by atoms with Crippen LogP contribution in [0.2, 0.25) is 0 Å². The molecule has 1 aromatic heterocycles. The molecular weight excluding hydrogens is 455 g/mol. The Bertz CT molecular complexity index is 702. The fourth-order valence-electron chi connectivity index (χ4n) is 2.88. The van der Waals surface area contributed by atoms with Gasteiger partial charge in [0.15, 0.2) is 5.96 Å². The van der Waals surface area contributed by atoms with Crippen molar-refractivity contribution in [2.75, 3.05) is 20.2 Å². The minimum atomic E-state index is 0. The first-order chi connectivity index (χ1) is 12.6. The molecule has 0 aliphatic carbocycles. The number of benzene rings is 1. The SMILES string of the molecule is CCc1noc(CC)c1CNC(=NC)NCCOc1c(C)cccc1C.I. The van der Waals surface area contributed by atoms with E-state index in [0.29, 0.717) is 19.7 Å². The molecule has 0 fully saturated rings. The molecule has 0 spiro atoms. The van der Waals surface area contributed by atoms with Crippen molar-refractivity contribution in [1.29, 1.82) is 0 Å². The molecule has 150 valence electrons. The van der Waals surface area contributed by atoms with Gasteiger partial charge in [-0.3, -0.25) is 4.99 Å². The number of aliphatic imine (C=N–C) groups is 1. The summed E-state index contributed by atoms with van der Waals surface area (Å²) in [6.45, 7) is 10.2. The van der Waals surface area contributed by atoms with E-state index in [0.717, 1.165) is 52.7 Å². The van der Waals surface area contributed by atoms with Gasteiger partial charge in [-0.2, -0.15) is 0 Å². The highest BCUT2D eigenvalue weighted by Gasteiger charge is 2.13. The van der Waals surface area contributed by atoms with Crippen molar-refractivity contribution in [3.05, 3.63) is 46.3 Å². The summed E-state index contributed by atoms with van der Waals surface area (Å²) in [6, 6.07) is 6.17. The Morgan fingerprint density at radius 1 is 1.15 bits per heavy atom. The molecule has 0 saturated heterocycles. The summed E-state index contributed by atoms with van der Waals surface area (Å²) >= 11 is 0. The summed E-state index contributed by atoms with van der Waals surface area (Å²) in [7, 11) is 1.76. The van der Waals surface area contributed by atoms with E-state index in [-0.39, 0.29) is 24.0 Å². The number of rotatable bonds is 8. The molecule has 2 N–H and O–H groups in total. The zero-order valence-corrected chi connectivity index (χ0v) is 19.2. The lowest BCUT2D eigenvalue weighted by molar-refractivity contribution is 0.317. The second kappa shape index (κ2) is 11.8. The van der Waals surface area contributed by atoms with Crippen LogP contribution < -0.4 is 15.4 Å². The molecule has 0 aliphatic rings. The number of aromatic nitrogens is 1. The highest BCUT2D eigenvalue weighted by Crippen LogP contribution is 2.21. The van der Waals surface area contributed by atoms with E-state index in [1.54, 1.807) is 7.05 Å².